The molecule has 0 bridgehead atoms. The highest BCUT2D eigenvalue weighted by Gasteiger charge is 2.29. The van der Waals surface area contributed by atoms with Crippen LogP contribution in [0.15, 0.2) is 18.2 Å². The molecule has 6 rings (SSSR count). The standard InChI is InChI=1S/C28H32Cl2N4OS/c29-21-12-11-19(17-22(21)30)28(35)34-15-13-33(14-16-34)26-24-20-9-5-2-6-10-23(20)36-27(24)32-25(31-26)18-7-3-1-4-8-18/h11-12,17-18H,1-10,13-16H2. The number of rotatable bonds is 3. The van der Waals surface area contributed by atoms with Gasteiger partial charge in [-0.2, -0.15) is 0 Å². The summed E-state index contributed by atoms with van der Waals surface area (Å²) in [7, 11) is 0. The Kier molecular flexibility index (Phi) is 7.11. The number of carbonyl (C=O) groups excluding carboxylic acids is 1. The maximum atomic E-state index is 13.1. The maximum absolute atomic E-state index is 13.1. The third-order valence-corrected chi connectivity index (χ3v) is 9.99. The van der Waals surface area contributed by atoms with Gasteiger partial charge in [-0.15, -0.1) is 11.3 Å². The maximum Gasteiger partial charge on any atom is 0.254 e. The lowest BCUT2D eigenvalue weighted by atomic mass is 9.88. The Morgan fingerprint density at radius 1 is 0.889 bits per heavy atom. The molecule has 0 atom stereocenters. The Hall–Kier alpha value is -1.89. The largest absolute Gasteiger partial charge is 0.352 e. The van der Waals surface area contributed by atoms with Gasteiger partial charge in [-0.25, -0.2) is 9.97 Å². The second-order valence-electron chi connectivity index (χ2n) is 10.4. The van der Waals surface area contributed by atoms with E-state index in [0.717, 1.165) is 31.2 Å². The Balaban J connectivity index is 1.30. The van der Waals surface area contributed by atoms with E-state index in [4.69, 9.17) is 33.2 Å². The molecule has 3 heterocycles. The number of hydrogen-bond donors (Lipinski definition) is 0. The lowest BCUT2D eigenvalue weighted by Crippen LogP contribution is -2.49. The first kappa shape index (κ1) is 24.4. The fraction of sp³-hybridized carbons (Fsp3) is 0.536. The molecule has 0 spiro atoms. The van der Waals surface area contributed by atoms with Crippen LogP contribution < -0.4 is 4.90 Å². The highest BCUT2D eigenvalue weighted by molar-refractivity contribution is 7.19. The second kappa shape index (κ2) is 10.5. The van der Waals surface area contributed by atoms with Crippen LogP contribution in [0.2, 0.25) is 10.0 Å². The summed E-state index contributed by atoms with van der Waals surface area (Å²) >= 11 is 14.1. The first-order valence-corrected chi connectivity index (χ1v) is 15.0. The van der Waals surface area contributed by atoms with Crippen molar-refractivity contribution in [3.8, 4) is 0 Å². The van der Waals surface area contributed by atoms with Gasteiger partial charge in [0, 0.05) is 42.5 Å². The van der Waals surface area contributed by atoms with Crippen molar-refractivity contribution in [3.05, 3.63) is 50.1 Å². The number of piperazine rings is 1. The zero-order chi connectivity index (χ0) is 24.6. The molecule has 0 radical (unpaired) electrons. The predicted octanol–water partition coefficient (Wildman–Crippen LogP) is 7.28. The van der Waals surface area contributed by atoms with Gasteiger partial charge in [0.15, 0.2) is 0 Å². The van der Waals surface area contributed by atoms with Crippen LogP contribution in [0.25, 0.3) is 10.2 Å². The number of halogens is 2. The summed E-state index contributed by atoms with van der Waals surface area (Å²) in [6.07, 6.45) is 12.4. The third-order valence-electron chi connectivity index (χ3n) is 8.07. The Morgan fingerprint density at radius 3 is 2.42 bits per heavy atom. The van der Waals surface area contributed by atoms with E-state index in [1.54, 1.807) is 18.2 Å². The fourth-order valence-electron chi connectivity index (χ4n) is 6.04. The van der Waals surface area contributed by atoms with Gasteiger partial charge in [-0.3, -0.25) is 4.79 Å². The summed E-state index contributed by atoms with van der Waals surface area (Å²) in [6, 6.07) is 5.12. The molecular formula is C28H32Cl2N4OS. The number of fused-ring (bicyclic) bond motifs is 3. The summed E-state index contributed by atoms with van der Waals surface area (Å²) in [4.78, 5) is 30.7. The lowest BCUT2D eigenvalue weighted by molar-refractivity contribution is 0.0746. The molecule has 2 fully saturated rings. The number of benzene rings is 1. The number of hydrogen-bond acceptors (Lipinski definition) is 5. The average Bonchev–Trinajstić information content (AvgIpc) is 3.10. The van der Waals surface area contributed by atoms with Gasteiger partial charge in [0.25, 0.3) is 5.91 Å². The van der Waals surface area contributed by atoms with E-state index < -0.39 is 0 Å². The van der Waals surface area contributed by atoms with Crippen LogP contribution in [-0.4, -0.2) is 47.0 Å². The van der Waals surface area contributed by atoms with Crippen molar-refractivity contribution < 1.29 is 4.79 Å². The fourth-order valence-corrected chi connectivity index (χ4v) is 7.60. The molecule has 1 saturated heterocycles. The number of aryl methyl sites for hydroxylation is 2. The summed E-state index contributed by atoms with van der Waals surface area (Å²) in [5.41, 5.74) is 2.08. The van der Waals surface area contributed by atoms with Crippen LogP contribution in [0.3, 0.4) is 0 Å². The van der Waals surface area contributed by atoms with Crippen molar-refractivity contribution in [1.29, 1.82) is 0 Å². The number of aromatic nitrogens is 2. The highest BCUT2D eigenvalue weighted by Crippen LogP contribution is 2.41. The number of amides is 1. The normalized spacial score (nSPS) is 19.4. The molecule has 3 aliphatic rings. The van der Waals surface area contributed by atoms with Crippen LogP contribution >= 0.6 is 34.5 Å². The average molecular weight is 544 g/mol. The summed E-state index contributed by atoms with van der Waals surface area (Å²) in [5.74, 6) is 2.64. The van der Waals surface area contributed by atoms with Crippen LogP contribution in [0.1, 0.15) is 83.9 Å². The minimum Gasteiger partial charge on any atom is -0.352 e. The van der Waals surface area contributed by atoms with Gasteiger partial charge in [0.05, 0.1) is 15.4 Å². The van der Waals surface area contributed by atoms with Gasteiger partial charge >= 0.3 is 0 Å². The van der Waals surface area contributed by atoms with Gasteiger partial charge in [0.2, 0.25) is 0 Å². The Labute approximate surface area is 226 Å². The quantitative estimate of drug-likeness (QED) is 0.326. The Morgan fingerprint density at radius 2 is 1.64 bits per heavy atom. The molecule has 1 aliphatic heterocycles. The van der Waals surface area contributed by atoms with Crippen LogP contribution in [0.5, 0.6) is 0 Å². The van der Waals surface area contributed by atoms with Crippen molar-refractivity contribution in [2.24, 2.45) is 0 Å². The number of nitrogens with zero attached hydrogens (tertiary/aromatic N) is 4. The molecule has 5 nitrogen and oxygen atoms in total. The molecule has 1 saturated carbocycles. The van der Waals surface area contributed by atoms with Crippen LogP contribution in [0.4, 0.5) is 5.82 Å². The summed E-state index contributed by atoms with van der Waals surface area (Å²) < 4.78 is 0. The van der Waals surface area contributed by atoms with E-state index >= 15 is 0 Å². The topological polar surface area (TPSA) is 49.3 Å². The molecule has 2 aromatic heterocycles. The zero-order valence-electron chi connectivity index (χ0n) is 20.6. The van der Waals surface area contributed by atoms with Gasteiger partial charge in [0.1, 0.15) is 16.5 Å². The van der Waals surface area contributed by atoms with E-state index in [1.165, 1.54) is 78.4 Å². The highest BCUT2D eigenvalue weighted by atomic mass is 35.5. The molecular weight excluding hydrogens is 511 g/mol. The lowest BCUT2D eigenvalue weighted by Gasteiger charge is -2.36. The van der Waals surface area contributed by atoms with Crippen molar-refractivity contribution in [1.82, 2.24) is 14.9 Å². The molecule has 0 N–H and O–H groups in total. The van der Waals surface area contributed by atoms with Crippen molar-refractivity contribution in [3.63, 3.8) is 0 Å². The minimum absolute atomic E-state index is 0.00773. The summed E-state index contributed by atoms with van der Waals surface area (Å²) in [5, 5.41) is 2.17. The summed E-state index contributed by atoms with van der Waals surface area (Å²) in [6.45, 7) is 2.87. The van der Waals surface area contributed by atoms with Crippen LogP contribution in [-0.2, 0) is 12.8 Å². The van der Waals surface area contributed by atoms with E-state index in [2.05, 4.69) is 4.90 Å². The van der Waals surface area contributed by atoms with Gasteiger partial charge in [-0.05, 0) is 62.3 Å². The number of carbonyl (C=O) groups is 1. The molecule has 2 aliphatic carbocycles. The monoisotopic (exact) mass is 542 g/mol. The molecule has 8 heteroatoms. The molecule has 36 heavy (non-hydrogen) atoms. The van der Waals surface area contributed by atoms with Gasteiger partial charge in [-0.1, -0.05) is 48.9 Å². The van der Waals surface area contributed by atoms with Gasteiger partial charge < -0.3 is 9.80 Å². The van der Waals surface area contributed by atoms with Crippen LogP contribution in [0, 0.1) is 0 Å². The molecule has 3 aromatic rings. The molecule has 0 unspecified atom stereocenters. The number of anilines is 1. The first-order chi connectivity index (χ1) is 17.6. The van der Waals surface area contributed by atoms with Crippen molar-refractivity contribution in [2.45, 2.75) is 70.1 Å². The molecule has 1 amide bonds. The van der Waals surface area contributed by atoms with Crippen molar-refractivity contribution in [2.75, 3.05) is 31.1 Å². The zero-order valence-corrected chi connectivity index (χ0v) is 22.9. The minimum atomic E-state index is 0.00773. The third kappa shape index (κ3) is 4.72. The van der Waals surface area contributed by atoms with E-state index in [1.807, 2.05) is 16.2 Å². The smallest absolute Gasteiger partial charge is 0.254 e. The van der Waals surface area contributed by atoms with Crippen molar-refractivity contribution >= 4 is 56.5 Å². The first-order valence-electron chi connectivity index (χ1n) is 13.4. The van der Waals surface area contributed by atoms with E-state index in [-0.39, 0.29) is 5.91 Å². The van der Waals surface area contributed by atoms with E-state index in [0.29, 0.717) is 34.6 Å². The Bertz CT molecular complexity index is 1280. The SMILES string of the molecule is O=C(c1ccc(Cl)c(Cl)c1)N1CCN(c2nc(C3CCCCC3)nc3sc4c(c23)CCCCC4)CC1. The second-order valence-corrected chi connectivity index (χ2v) is 12.3. The molecule has 190 valence electrons. The van der Waals surface area contributed by atoms with E-state index in [9.17, 15) is 4.79 Å². The molecule has 1 aromatic carbocycles. The number of thiophene rings is 1. The predicted molar refractivity (Wildman–Crippen MR) is 149 cm³/mol.